The molecular formula is C13H17BrO3. The van der Waals surface area contributed by atoms with Crippen molar-refractivity contribution in [3.8, 4) is 11.5 Å². The van der Waals surface area contributed by atoms with Crippen LogP contribution < -0.4 is 9.47 Å². The molecule has 0 aliphatic carbocycles. The maximum absolute atomic E-state index is 5.81. The number of hydrogen-bond acceptors (Lipinski definition) is 3. The van der Waals surface area contributed by atoms with Crippen LogP contribution in [0.4, 0.5) is 0 Å². The van der Waals surface area contributed by atoms with Crippen molar-refractivity contribution < 1.29 is 14.2 Å². The standard InChI is InChI=1S/C13H17BrO3/c1-15-4-2-5-16-12-7-10(9-14)8-13-11(12)3-6-17-13/h7-8H,2-6,9H2,1H3. The summed E-state index contributed by atoms with van der Waals surface area (Å²) in [7, 11) is 1.71. The van der Waals surface area contributed by atoms with Crippen molar-refractivity contribution in [2.24, 2.45) is 0 Å². The molecule has 94 valence electrons. The molecule has 1 aliphatic rings. The number of halogens is 1. The zero-order valence-electron chi connectivity index (χ0n) is 10.0. The smallest absolute Gasteiger partial charge is 0.126 e. The molecule has 0 saturated carbocycles. The number of alkyl halides is 1. The third-order valence-electron chi connectivity index (χ3n) is 2.74. The van der Waals surface area contributed by atoms with Crippen LogP contribution in [0.5, 0.6) is 11.5 Å². The Bertz CT molecular complexity index is 379. The first-order valence-electron chi connectivity index (χ1n) is 5.81. The van der Waals surface area contributed by atoms with Gasteiger partial charge in [-0.3, -0.25) is 0 Å². The highest BCUT2D eigenvalue weighted by Crippen LogP contribution is 2.35. The highest BCUT2D eigenvalue weighted by atomic mass is 79.9. The molecule has 1 aromatic rings. The second kappa shape index (κ2) is 6.26. The maximum atomic E-state index is 5.81. The van der Waals surface area contributed by atoms with E-state index in [4.69, 9.17) is 14.2 Å². The van der Waals surface area contributed by atoms with Gasteiger partial charge in [-0.2, -0.15) is 0 Å². The van der Waals surface area contributed by atoms with E-state index in [0.717, 1.165) is 42.9 Å². The van der Waals surface area contributed by atoms with Gasteiger partial charge in [0.2, 0.25) is 0 Å². The molecule has 0 N–H and O–H groups in total. The van der Waals surface area contributed by atoms with Gasteiger partial charge in [-0.05, 0) is 17.7 Å². The van der Waals surface area contributed by atoms with E-state index in [1.807, 2.05) is 0 Å². The Kier molecular flexibility index (Phi) is 4.68. The first-order valence-corrected chi connectivity index (χ1v) is 6.93. The van der Waals surface area contributed by atoms with Gasteiger partial charge in [-0.25, -0.2) is 0 Å². The predicted molar refractivity (Wildman–Crippen MR) is 70.3 cm³/mol. The minimum absolute atomic E-state index is 0.687. The zero-order valence-corrected chi connectivity index (χ0v) is 11.6. The van der Waals surface area contributed by atoms with Crippen LogP contribution in [-0.4, -0.2) is 26.9 Å². The van der Waals surface area contributed by atoms with Gasteiger partial charge < -0.3 is 14.2 Å². The molecule has 2 rings (SSSR count). The van der Waals surface area contributed by atoms with E-state index in [2.05, 4.69) is 28.1 Å². The van der Waals surface area contributed by atoms with E-state index in [1.165, 1.54) is 11.1 Å². The molecule has 0 aromatic heterocycles. The summed E-state index contributed by atoms with van der Waals surface area (Å²) in [5, 5.41) is 0.818. The molecule has 0 spiro atoms. The van der Waals surface area contributed by atoms with Crippen LogP contribution in [0.2, 0.25) is 0 Å². The monoisotopic (exact) mass is 300 g/mol. The fourth-order valence-corrected chi connectivity index (χ4v) is 2.23. The molecule has 1 heterocycles. The van der Waals surface area contributed by atoms with Crippen LogP contribution in [0.15, 0.2) is 12.1 Å². The van der Waals surface area contributed by atoms with Crippen LogP contribution in [0.25, 0.3) is 0 Å². The summed E-state index contributed by atoms with van der Waals surface area (Å²) in [6.45, 7) is 2.18. The fourth-order valence-electron chi connectivity index (χ4n) is 1.90. The Morgan fingerprint density at radius 1 is 1.35 bits per heavy atom. The van der Waals surface area contributed by atoms with E-state index in [0.29, 0.717) is 6.61 Å². The zero-order chi connectivity index (χ0) is 12.1. The molecule has 0 unspecified atom stereocenters. The summed E-state index contributed by atoms with van der Waals surface area (Å²) in [5.41, 5.74) is 2.39. The molecule has 0 atom stereocenters. The molecular weight excluding hydrogens is 284 g/mol. The number of methoxy groups -OCH3 is 1. The van der Waals surface area contributed by atoms with Gasteiger partial charge in [-0.1, -0.05) is 15.9 Å². The van der Waals surface area contributed by atoms with Crippen molar-refractivity contribution in [2.45, 2.75) is 18.2 Å². The Morgan fingerprint density at radius 3 is 3.00 bits per heavy atom. The topological polar surface area (TPSA) is 27.7 Å². The molecule has 0 saturated heterocycles. The summed E-state index contributed by atoms with van der Waals surface area (Å²) in [6, 6.07) is 4.17. The van der Waals surface area contributed by atoms with Crippen molar-refractivity contribution >= 4 is 15.9 Å². The van der Waals surface area contributed by atoms with Gasteiger partial charge in [0.15, 0.2) is 0 Å². The Hall–Kier alpha value is -0.740. The Labute approximate surface area is 110 Å². The minimum atomic E-state index is 0.687. The van der Waals surface area contributed by atoms with E-state index in [9.17, 15) is 0 Å². The third-order valence-corrected chi connectivity index (χ3v) is 3.39. The van der Waals surface area contributed by atoms with E-state index in [1.54, 1.807) is 7.11 Å². The molecule has 1 aromatic carbocycles. The SMILES string of the molecule is COCCCOc1cc(CBr)cc2c1CCO2. The maximum Gasteiger partial charge on any atom is 0.126 e. The van der Waals surface area contributed by atoms with Crippen molar-refractivity contribution in [3.05, 3.63) is 23.3 Å². The molecule has 3 nitrogen and oxygen atoms in total. The molecule has 0 radical (unpaired) electrons. The van der Waals surface area contributed by atoms with Crippen molar-refractivity contribution in [3.63, 3.8) is 0 Å². The second-order valence-electron chi connectivity index (χ2n) is 4.00. The van der Waals surface area contributed by atoms with Gasteiger partial charge in [0.25, 0.3) is 0 Å². The Morgan fingerprint density at radius 2 is 2.24 bits per heavy atom. The lowest BCUT2D eigenvalue weighted by atomic mass is 10.1. The normalized spacial score (nSPS) is 13.3. The molecule has 0 fully saturated rings. The summed E-state index contributed by atoms with van der Waals surface area (Å²) in [6.07, 6.45) is 1.85. The first-order chi connectivity index (χ1) is 8.35. The van der Waals surface area contributed by atoms with E-state index in [-0.39, 0.29) is 0 Å². The van der Waals surface area contributed by atoms with Gasteiger partial charge in [0, 0.05) is 37.5 Å². The average Bonchev–Trinajstić information content (AvgIpc) is 2.82. The lowest BCUT2D eigenvalue weighted by molar-refractivity contribution is 0.172. The number of fused-ring (bicyclic) bond motifs is 1. The summed E-state index contributed by atoms with van der Waals surface area (Å²) < 4.78 is 16.4. The third kappa shape index (κ3) is 3.13. The van der Waals surface area contributed by atoms with E-state index < -0.39 is 0 Å². The quantitative estimate of drug-likeness (QED) is 0.597. The highest BCUT2D eigenvalue weighted by molar-refractivity contribution is 9.08. The molecule has 4 heteroatoms. The Balaban J connectivity index is 2.07. The largest absolute Gasteiger partial charge is 0.493 e. The van der Waals surface area contributed by atoms with E-state index >= 15 is 0 Å². The van der Waals surface area contributed by atoms with Crippen molar-refractivity contribution in [1.82, 2.24) is 0 Å². The summed E-state index contributed by atoms with van der Waals surface area (Å²) in [4.78, 5) is 0. The number of benzene rings is 1. The average molecular weight is 301 g/mol. The van der Waals surface area contributed by atoms with Gasteiger partial charge in [-0.15, -0.1) is 0 Å². The lowest BCUT2D eigenvalue weighted by Crippen LogP contribution is -2.03. The first kappa shape index (κ1) is 12.7. The van der Waals surface area contributed by atoms with Gasteiger partial charge >= 0.3 is 0 Å². The van der Waals surface area contributed by atoms with Crippen molar-refractivity contribution in [2.75, 3.05) is 26.9 Å². The number of ether oxygens (including phenoxy) is 3. The predicted octanol–water partition coefficient (Wildman–Crippen LogP) is 2.93. The molecule has 17 heavy (non-hydrogen) atoms. The number of rotatable bonds is 6. The molecule has 0 bridgehead atoms. The van der Waals surface area contributed by atoms with Crippen LogP contribution in [0, 0.1) is 0 Å². The van der Waals surface area contributed by atoms with Crippen LogP contribution in [-0.2, 0) is 16.5 Å². The highest BCUT2D eigenvalue weighted by Gasteiger charge is 2.18. The van der Waals surface area contributed by atoms with Gasteiger partial charge in [0.1, 0.15) is 11.5 Å². The molecule has 0 amide bonds. The minimum Gasteiger partial charge on any atom is -0.493 e. The lowest BCUT2D eigenvalue weighted by Gasteiger charge is -2.11. The molecule has 1 aliphatic heterocycles. The van der Waals surface area contributed by atoms with Crippen LogP contribution in [0.3, 0.4) is 0 Å². The summed E-state index contributed by atoms with van der Waals surface area (Å²) in [5.74, 6) is 1.94. The van der Waals surface area contributed by atoms with Crippen LogP contribution >= 0.6 is 15.9 Å². The van der Waals surface area contributed by atoms with Crippen LogP contribution in [0.1, 0.15) is 17.5 Å². The number of hydrogen-bond donors (Lipinski definition) is 0. The summed E-state index contributed by atoms with van der Waals surface area (Å²) >= 11 is 3.46. The fraction of sp³-hybridized carbons (Fsp3) is 0.538. The second-order valence-corrected chi connectivity index (χ2v) is 4.56. The van der Waals surface area contributed by atoms with Gasteiger partial charge in [0.05, 0.1) is 13.2 Å². The van der Waals surface area contributed by atoms with Crippen molar-refractivity contribution in [1.29, 1.82) is 0 Å².